The lowest BCUT2D eigenvalue weighted by atomic mass is 10.1. The van der Waals surface area contributed by atoms with Gasteiger partial charge in [0.1, 0.15) is 10.7 Å². The zero-order valence-corrected chi connectivity index (χ0v) is 17.6. The Morgan fingerprint density at radius 2 is 1.86 bits per heavy atom. The fourth-order valence-corrected chi connectivity index (χ4v) is 5.01. The molecule has 4 aromatic rings. The van der Waals surface area contributed by atoms with Crippen LogP contribution in [-0.4, -0.2) is 25.0 Å². The summed E-state index contributed by atoms with van der Waals surface area (Å²) in [5, 5.41) is 3.95. The van der Waals surface area contributed by atoms with Crippen molar-refractivity contribution < 1.29 is 4.79 Å². The number of imidazole rings is 1. The van der Waals surface area contributed by atoms with Gasteiger partial charge in [-0.1, -0.05) is 0 Å². The van der Waals surface area contributed by atoms with Gasteiger partial charge in [-0.05, 0) is 50.5 Å². The van der Waals surface area contributed by atoms with Crippen molar-refractivity contribution in [2.75, 3.05) is 5.32 Å². The highest BCUT2D eigenvalue weighted by molar-refractivity contribution is 7.20. The summed E-state index contributed by atoms with van der Waals surface area (Å²) in [5.74, 6) is 1.21. The third-order valence-electron chi connectivity index (χ3n) is 5.67. The normalized spacial score (nSPS) is 14.1. The largest absolute Gasteiger partial charge is 0.328 e. The van der Waals surface area contributed by atoms with Crippen LogP contribution in [-0.2, 0) is 14.1 Å². The fraction of sp³-hybridized carbons (Fsp3) is 0.333. The molecule has 0 aliphatic heterocycles. The molecular weight excluding hydrogens is 386 g/mol. The van der Waals surface area contributed by atoms with Crippen LogP contribution in [0.25, 0.3) is 21.3 Å². The predicted octanol–water partition coefficient (Wildman–Crippen LogP) is 3.63. The van der Waals surface area contributed by atoms with Crippen LogP contribution in [0.2, 0.25) is 0 Å². The minimum Gasteiger partial charge on any atom is -0.321 e. The summed E-state index contributed by atoms with van der Waals surface area (Å²) in [6, 6.07) is 5.49. The Morgan fingerprint density at radius 1 is 1.14 bits per heavy atom. The molecule has 0 atom stereocenters. The fourth-order valence-electron chi connectivity index (χ4n) is 3.87. The average Bonchev–Trinajstić information content (AvgIpc) is 3.46. The van der Waals surface area contributed by atoms with Crippen molar-refractivity contribution in [2.24, 2.45) is 14.1 Å². The highest BCUT2D eigenvalue weighted by atomic mass is 32.1. The number of aryl methyl sites for hydroxylation is 4. The maximum absolute atomic E-state index is 13.0. The van der Waals surface area contributed by atoms with Gasteiger partial charge in [0, 0.05) is 31.1 Å². The van der Waals surface area contributed by atoms with E-state index >= 15 is 0 Å². The number of anilines is 1. The summed E-state index contributed by atoms with van der Waals surface area (Å²) in [6.45, 7) is 3.94. The number of fused-ring (bicyclic) bond motifs is 2. The molecule has 29 heavy (non-hydrogen) atoms. The molecule has 1 aliphatic rings. The molecule has 0 saturated heterocycles. The second kappa shape index (κ2) is 6.25. The second-order valence-corrected chi connectivity index (χ2v) is 8.74. The zero-order chi connectivity index (χ0) is 20.4. The summed E-state index contributed by atoms with van der Waals surface area (Å²) < 4.78 is 3.17. The Morgan fingerprint density at radius 3 is 2.59 bits per heavy atom. The van der Waals surface area contributed by atoms with Gasteiger partial charge < -0.3 is 5.32 Å². The van der Waals surface area contributed by atoms with Gasteiger partial charge in [0.25, 0.3) is 5.91 Å². The molecule has 0 bridgehead atoms. The standard InChI is InChI=1S/C21H21N5O2S/c1-10-16-11(2)22-18(12-5-6-12)24-20(16)29-17(10)19(27)23-13-7-8-14-15(9-13)26(4)21(28)25(14)3/h7-9,12H,5-6H2,1-4H3,(H,23,27). The predicted molar refractivity (Wildman–Crippen MR) is 115 cm³/mol. The van der Waals surface area contributed by atoms with E-state index in [1.807, 2.05) is 32.0 Å². The Balaban J connectivity index is 1.52. The van der Waals surface area contributed by atoms with E-state index in [0.29, 0.717) is 16.5 Å². The second-order valence-electron chi connectivity index (χ2n) is 7.74. The molecule has 1 saturated carbocycles. The molecule has 8 heteroatoms. The molecule has 5 rings (SSSR count). The van der Waals surface area contributed by atoms with Crippen LogP contribution in [0.3, 0.4) is 0 Å². The first-order valence-corrected chi connectivity index (χ1v) is 10.4. The molecule has 1 amide bonds. The first-order valence-electron chi connectivity index (χ1n) is 9.59. The highest BCUT2D eigenvalue weighted by Gasteiger charge is 2.28. The summed E-state index contributed by atoms with van der Waals surface area (Å²) in [4.78, 5) is 36.1. The molecule has 1 fully saturated rings. The van der Waals surface area contributed by atoms with Gasteiger partial charge in [0.2, 0.25) is 0 Å². The Hall–Kier alpha value is -3.00. The Labute approximate surface area is 171 Å². The maximum Gasteiger partial charge on any atom is 0.328 e. The minimum absolute atomic E-state index is 0.0932. The first kappa shape index (κ1) is 18.1. The van der Waals surface area contributed by atoms with Gasteiger partial charge in [-0.2, -0.15) is 0 Å². The van der Waals surface area contributed by atoms with Gasteiger partial charge in [0.05, 0.1) is 21.6 Å². The smallest absolute Gasteiger partial charge is 0.321 e. The maximum atomic E-state index is 13.0. The van der Waals surface area contributed by atoms with Crippen molar-refractivity contribution >= 4 is 44.2 Å². The summed E-state index contributed by atoms with van der Waals surface area (Å²) in [6.07, 6.45) is 2.29. The molecule has 7 nitrogen and oxygen atoms in total. The lowest BCUT2D eigenvalue weighted by molar-refractivity contribution is 0.103. The molecule has 1 aromatic carbocycles. The van der Waals surface area contributed by atoms with Crippen molar-refractivity contribution in [2.45, 2.75) is 32.6 Å². The molecule has 148 valence electrons. The van der Waals surface area contributed by atoms with Crippen LogP contribution in [0.15, 0.2) is 23.0 Å². The number of carbonyl (C=O) groups is 1. The Kier molecular flexibility index (Phi) is 3.89. The number of hydrogen-bond acceptors (Lipinski definition) is 5. The van der Waals surface area contributed by atoms with Crippen LogP contribution >= 0.6 is 11.3 Å². The van der Waals surface area contributed by atoms with Gasteiger partial charge in [-0.3, -0.25) is 13.9 Å². The van der Waals surface area contributed by atoms with Gasteiger partial charge in [-0.25, -0.2) is 14.8 Å². The number of thiophene rings is 1. The third-order valence-corrected chi connectivity index (χ3v) is 6.85. The number of carbonyl (C=O) groups excluding carboxylic acids is 1. The van der Waals surface area contributed by atoms with E-state index in [9.17, 15) is 9.59 Å². The van der Waals surface area contributed by atoms with Gasteiger partial charge in [0.15, 0.2) is 0 Å². The van der Waals surface area contributed by atoms with Crippen LogP contribution in [0.1, 0.15) is 45.5 Å². The minimum atomic E-state index is -0.168. The topological polar surface area (TPSA) is 81.8 Å². The number of nitrogens with zero attached hydrogens (tertiary/aromatic N) is 4. The quantitative estimate of drug-likeness (QED) is 0.562. The highest BCUT2D eigenvalue weighted by Crippen LogP contribution is 2.40. The molecule has 3 heterocycles. The van der Waals surface area contributed by atoms with Crippen molar-refractivity contribution in [3.8, 4) is 0 Å². The molecular formula is C21H21N5O2S. The lowest BCUT2D eigenvalue weighted by Gasteiger charge is -2.06. The van der Waals surface area contributed by atoms with Crippen molar-refractivity contribution in [3.63, 3.8) is 0 Å². The molecule has 0 unspecified atom stereocenters. The van der Waals surface area contributed by atoms with E-state index in [0.717, 1.165) is 51.2 Å². The van der Waals surface area contributed by atoms with Crippen LogP contribution in [0.5, 0.6) is 0 Å². The Bertz CT molecular complexity index is 1370. The number of nitrogens with one attached hydrogen (secondary N) is 1. The summed E-state index contributed by atoms with van der Waals surface area (Å²) >= 11 is 1.42. The summed E-state index contributed by atoms with van der Waals surface area (Å²) in [5.41, 5.74) is 4.01. The van der Waals surface area contributed by atoms with Crippen molar-refractivity contribution in [1.29, 1.82) is 0 Å². The van der Waals surface area contributed by atoms with E-state index in [2.05, 4.69) is 10.3 Å². The third kappa shape index (κ3) is 2.78. The van der Waals surface area contributed by atoms with Crippen LogP contribution in [0.4, 0.5) is 5.69 Å². The first-order chi connectivity index (χ1) is 13.8. The number of hydrogen-bond donors (Lipinski definition) is 1. The number of rotatable bonds is 3. The molecule has 1 N–H and O–H groups in total. The van der Waals surface area contributed by atoms with E-state index in [-0.39, 0.29) is 11.6 Å². The molecule has 0 spiro atoms. The zero-order valence-electron chi connectivity index (χ0n) is 16.7. The van der Waals surface area contributed by atoms with Crippen LogP contribution in [0, 0.1) is 13.8 Å². The summed E-state index contributed by atoms with van der Waals surface area (Å²) in [7, 11) is 3.47. The molecule has 3 aromatic heterocycles. The number of amides is 1. The lowest BCUT2D eigenvalue weighted by Crippen LogP contribution is -2.19. The SMILES string of the molecule is Cc1nc(C2CC2)nc2sc(C(=O)Nc3ccc4c(c3)n(C)c(=O)n4C)c(C)c12. The van der Waals surface area contributed by atoms with Crippen molar-refractivity contribution in [1.82, 2.24) is 19.1 Å². The molecule has 0 radical (unpaired) electrons. The number of benzene rings is 1. The van der Waals surface area contributed by atoms with Crippen LogP contribution < -0.4 is 11.0 Å². The molecule has 1 aliphatic carbocycles. The average molecular weight is 407 g/mol. The van der Waals surface area contributed by atoms with Gasteiger partial charge in [-0.15, -0.1) is 11.3 Å². The van der Waals surface area contributed by atoms with E-state index in [4.69, 9.17) is 4.98 Å². The monoisotopic (exact) mass is 407 g/mol. The van der Waals surface area contributed by atoms with E-state index in [1.54, 1.807) is 23.2 Å². The van der Waals surface area contributed by atoms with Gasteiger partial charge >= 0.3 is 5.69 Å². The van der Waals surface area contributed by atoms with E-state index in [1.165, 1.54) is 11.3 Å². The number of aromatic nitrogens is 4. The van der Waals surface area contributed by atoms with E-state index < -0.39 is 0 Å². The van der Waals surface area contributed by atoms with Crippen molar-refractivity contribution in [3.05, 3.63) is 50.6 Å².